The van der Waals surface area contributed by atoms with Crippen molar-refractivity contribution in [3.8, 4) is 0 Å². The molecule has 0 aliphatic carbocycles. The lowest BCUT2D eigenvalue weighted by molar-refractivity contribution is -0.122. The molecule has 0 aromatic rings. The van der Waals surface area contributed by atoms with E-state index in [-0.39, 0.29) is 24.8 Å². The van der Waals surface area contributed by atoms with Crippen LogP contribution in [0, 0.1) is 0 Å². The van der Waals surface area contributed by atoms with Crippen molar-refractivity contribution in [2.45, 2.75) is 193 Å². The van der Waals surface area contributed by atoms with Gasteiger partial charge in [0.05, 0.1) is 24.5 Å². The van der Waals surface area contributed by atoms with Gasteiger partial charge >= 0.3 is 0 Å². The largest absolute Gasteiger partial charge is 0.387 e. The second-order valence-corrected chi connectivity index (χ2v) is 14.8. The smallest absolute Gasteiger partial charge is 0.268 e. The highest BCUT2D eigenvalue weighted by Crippen LogP contribution is 2.14. The SMILES string of the molecule is CCCCCCCCCCCCCC=CC(O)C(COS(=O)(=O)CCNC)NC(=O)CCCCCCCCCCCCCCC. The second kappa shape index (κ2) is 33.0. The van der Waals surface area contributed by atoms with Crippen LogP contribution in [0.4, 0.5) is 0 Å². The van der Waals surface area contributed by atoms with Crippen LogP contribution in [0.3, 0.4) is 0 Å². The lowest BCUT2D eigenvalue weighted by Crippen LogP contribution is -2.46. The summed E-state index contributed by atoms with van der Waals surface area (Å²) in [7, 11) is -2.07. The van der Waals surface area contributed by atoms with Crippen molar-refractivity contribution in [2.24, 2.45) is 0 Å². The first kappa shape index (κ1) is 44.0. The topological polar surface area (TPSA) is 105 Å². The fourth-order valence-electron chi connectivity index (χ4n) is 5.57. The summed E-state index contributed by atoms with van der Waals surface area (Å²) in [5, 5.41) is 16.4. The fourth-order valence-corrected chi connectivity index (χ4v) is 6.49. The fraction of sp³-hybridized carbons (Fsp3) is 0.919. The number of amides is 1. The highest BCUT2D eigenvalue weighted by atomic mass is 32.2. The van der Waals surface area contributed by atoms with Crippen molar-refractivity contribution in [1.29, 1.82) is 0 Å². The van der Waals surface area contributed by atoms with Crippen LogP contribution in [0.15, 0.2) is 12.2 Å². The van der Waals surface area contributed by atoms with Crippen LogP contribution in [0.2, 0.25) is 0 Å². The van der Waals surface area contributed by atoms with Crippen LogP contribution >= 0.6 is 0 Å². The highest BCUT2D eigenvalue weighted by molar-refractivity contribution is 7.86. The van der Waals surface area contributed by atoms with Gasteiger partial charge < -0.3 is 15.7 Å². The predicted molar refractivity (Wildman–Crippen MR) is 192 cm³/mol. The molecule has 0 saturated heterocycles. The molecule has 268 valence electrons. The van der Waals surface area contributed by atoms with E-state index in [4.69, 9.17) is 4.18 Å². The molecule has 1 amide bonds. The summed E-state index contributed by atoms with van der Waals surface area (Å²) in [6, 6.07) is -0.808. The first-order valence-electron chi connectivity index (χ1n) is 19.0. The molecule has 2 unspecified atom stereocenters. The van der Waals surface area contributed by atoms with Gasteiger partial charge in [-0.15, -0.1) is 0 Å². The highest BCUT2D eigenvalue weighted by Gasteiger charge is 2.23. The van der Waals surface area contributed by atoms with Crippen molar-refractivity contribution in [1.82, 2.24) is 10.6 Å². The van der Waals surface area contributed by atoms with Crippen LogP contribution in [0.25, 0.3) is 0 Å². The molecule has 0 saturated carbocycles. The van der Waals surface area contributed by atoms with Crippen molar-refractivity contribution in [2.75, 3.05) is 26.0 Å². The quantitative estimate of drug-likeness (QED) is 0.0356. The third kappa shape index (κ3) is 31.4. The first-order valence-corrected chi connectivity index (χ1v) is 20.6. The molecule has 7 nitrogen and oxygen atoms in total. The normalized spacial score (nSPS) is 13.4. The summed E-state index contributed by atoms with van der Waals surface area (Å²) in [6.07, 6.45) is 34.2. The number of carbonyl (C=O) groups is 1. The molecule has 0 aromatic carbocycles. The number of carbonyl (C=O) groups excluding carboxylic acids is 1. The molecule has 0 aromatic heterocycles. The second-order valence-electron chi connectivity index (χ2n) is 13.1. The Bertz CT molecular complexity index is 775. The van der Waals surface area contributed by atoms with Gasteiger partial charge in [-0.1, -0.05) is 167 Å². The molecule has 0 heterocycles. The molecule has 2 atom stereocenters. The molecule has 0 rings (SSSR count). The summed E-state index contributed by atoms with van der Waals surface area (Å²) < 4.78 is 29.6. The number of allylic oxidation sites excluding steroid dienone is 1. The Labute approximate surface area is 279 Å². The Morgan fingerprint density at radius 1 is 0.689 bits per heavy atom. The zero-order chi connectivity index (χ0) is 33.3. The minimum absolute atomic E-state index is 0.159. The maximum absolute atomic E-state index is 12.7. The third-order valence-electron chi connectivity index (χ3n) is 8.60. The number of rotatable bonds is 35. The zero-order valence-corrected chi connectivity index (χ0v) is 30.6. The van der Waals surface area contributed by atoms with Crippen molar-refractivity contribution < 1.29 is 22.5 Å². The van der Waals surface area contributed by atoms with E-state index in [2.05, 4.69) is 24.5 Å². The van der Waals surface area contributed by atoms with E-state index in [0.29, 0.717) is 6.42 Å². The summed E-state index contributed by atoms with van der Waals surface area (Å²) in [5.74, 6) is -0.328. The van der Waals surface area contributed by atoms with Crippen molar-refractivity contribution in [3.63, 3.8) is 0 Å². The number of aliphatic hydroxyl groups excluding tert-OH is 1. The van der Waals surface area contributed by atoms with E-state index in [9.17, 15) is 18.3 Å². The first-order chi connectivity index (χ1) is 21.9. The lowest BCUT2D eigenvalue weighted by atomic mass is 10.0. The number of unbranched alkanes of at least 4 members (excludes halogenated alkanes) is 23. The van der Waals surface area contributed by atoms with E-state index in [1.165, 1.54) is 128 Å². The maximum Gasteiger partial charge on any atom is 0.268 e. The van der Waals surface area contributed by atoms with Gasteiger partial charge in [0, 0.05) is 13.0 Å². The van der Waals surface area contributed by atoms with Crippen LogP contribution in [-0.2, 0) is 19.1 Å². The molecule has 0 aliphatic rings. The standard InChI is InChI=1S/C37H74N2O5S/c1-4-6-8-10-12-14-16-18-20-22-24-26-28-30-36(40)35(34-44-45(42,43)33-32-38-3)39-37(41)31-29-27-25-23-21-19-17-15-13-11-9-7-5-2/h28,30,35-36,38,40H,4-27,29,31-34H2,1-3H3,(H,39,41). The number of aliphatic hydroxyl groups is 1. The van der Waals surface area contributed by atoms with E-state index in [1.54, 1.807) is 13.1 Å². The van der Waals surface area contributed by atoms with E-state index < -0.39 is 22.3 Å². The van der Waals surface area contributed by atoms with Crippen LogP contribution in [-0.4, -0.2) is 57.5 Å². The Kier molecular flexibility index (Phi) is 32.3. The summed E-state index contributed by atoms with van der Waals surface area (Å²) >= 11 is 0. The van der Waals surface area contributed by atoms with Crippen LogP contribution in [0.5, 0.6) is 0 Å². The van der Waals surface area contributed by atoms with Crippen molar-refractivity contribution in [3.05, 3.63) is 12.2 Å². The van der Waals surface area contributed by atoms with Crippen LogP contribution in [0.1, 0.15) is 181 Å². The molecule has 0 radical (unpaired) electrons. The van der Waals surface area contributed by atoms with Gasteiger partial charge in [0.2, 0.25) is 5.91 Å². The van der Waals surface area contributed by atoms with Gasteiger partial charge in [0.1, 0.15) is 0 Å². The third-order valence-corrected chi connectivity index (χ3v) is 9.80. The Hall–Kier alpha value is -0.960. The monoisotopic (exact) mass is 659 g/mol. The van der Waals surface area contributed by atoms with Crippen molar-refractivity contribution >= 4 is 16.0 Å². The molecule has 45 heavy (non-hydrogen) atoms. The molecule has 0 fully saturated rings. The van der Waals surface area contributed by atoms with Gasteiger partial charge in [0.25, 0.3) is 10.1 Å². The number of nitrogens with one attached hydrogen (secondary N) is 2. The Morgan fingerprint density at radius 2 is 1.11 bits per heavy atom. The van der Waals surface area contributed by atoms with Gasteiger partial charge in [0.15, 0.2) is 0 Å². The van der Waals surface area contributed by atoms with Crippen LogP contribution < -0.4 is 10.6 Å². The zero-order valence-electron chi connectivity index (χ0n) is 29.8. The van der Waals surface area contributed by atoms with Gasteiger partial charge in [-0.3, -0.25) is 8.98 Å². The molecule has 0 bridgehead atoms. The van der Waals surface area contributed by atoms with Gasteiger partial charge in [-0.05, 0) is 26.3 Å². The summed E-state index contributed by atoms with van der Waals surface area (Å²) in [4.78, 5) is 12.7. The summed E-state index contributed by atoms with van der Waals surface area (Å²) in [6.45, 7) is 4.51. The molecular weight excluding hydrogens is 584 g/mol. The average molecular weight is 659 g/mol. The van der Waals surface area contributed by atoms with Gasteiger partial charge in [-0.25, -0.2) is 0 Å². The summed E-state index contributed by atoms with van der Waals surface area (Å²) in [5.41, 5.74) is 0. The van der Waals surface area contributed by atoms with E-state index in [1.807, 2.05) is 6.08 Å². The molecule has 8 heteroatoms. The molecular formula is C37H74N2O5S. The van der Waals surface area contributed by atoms with E-state index in [0.717, 1.165) is 32.1 Å². The average Bonchev–Trinajstić information content (AvgIpc) is 3.02. The molecule has 0 spiro atoms. The van der Waals surface area contributed by atoms with Gasteiger partial charge in [-0.2, -0.15) is 8.42 Å². The minimum atomic E-state index is -3.75. The maximum atomic E-state index is 12.7. The Balaban J connectivity index is 4.32. The number of hydrogen-bond donors (Lipinski definition) is 3. The number of hydrogen-bond acceptors (Lipinski definition) is 6. The molecule has 0 aliphatic heterocycles. The lowest BCUT2D eigenvalue weighted by Gasteiger charge is -2.22. The molecule has 3 N–H and O–H groups in total. The predicted octanol–water partition coefficient (Wildman–Crippen LogP) is 9.14. The minimum Gasteiger partial charge on any atom is -0.387 e. The van der Waals surface area contributed by atoms with E-state index >= 15 is 0 Å². The Morgan fingerprint density at radius 3 is 1.56 bits per heavy atom.